The standard InChI is InChI=1S/C18H25NS/c1-5-17-10-11-18(20-17)15(4)19-14(3)12-16-9-7-6-8-13(16)2/h6-11,14-15,19H,5,12H2,1-4H3. The Morgan fingerprint density at radius 1 is 1.10 bits per heavy atom. The largest absolute Gasteiger partial charge is 0.307 e. The maximum atomic E-state index is 3.72. The van der Waals surface area contributed by atoms with Crippen molar-refractivity contribution in [3.8, 4) is 0 Å². The molecule has 0 aliphatic heterocycles. The van der Waals surface area contributed by atoms with Gasteiger partial charge in [0.25, 0.3) is 0 Å². The molecule has 1 N–H and O–H groups in total. The van der Waals surface area contributed by atoms with Gasteiger partial charge in [0.1, 0.15) is 0 Å². The minimum Gasteiger partial charge on any atom is -0.307 e. The summed E-state index contributed by atoms with van der Waals surface area (Å²) in [5.41, 5.74) is 2.83. The van der Waals surface area contributed by atoms with Gasteiger partial charge in [0.05, 0.1) is 0 Å². The first-order valence-electron chi connectivity index (χ1n) is 7.49. The van der Waals surface area contributed by atoms with E-state index in [9.17, 15) is 0 Å². The summed E-state index contributed by atoms with van der Waals surface area (Å²) in [4.78, 5) is 2.92. The second-order valence-corrected chi connectivity index (χ2v) is 6.78. The molecular weight excluding hydrogens is 262 g/mol. The lowest BCUT2D eigenvalue weighted by molar-refractivity contribution is 0.481. The van der Waals surface area contributed by atoms with Crippen molar-refractivity contribution >= 4 is 11.3 Å². The van der Waals surface area contributed by atoms with Crippen molar-refractivity contribution in [1.82, 2.24) is 5.32 Å². The van der Waals surface area contributed by atoms with Crippen LogP contribution in [0, 0.1) is 6.92 Å². The Kier molecular flexibility index (Phi) is 5.38. The topological polar surface area (TPSA) is 12.0 Å². The van der Waals surface area contributed by atoms with E-state index in [-0.39, 0.29) is 0 Å². The van der Waals surface area contributed by atoms with Gasteiger partial charge in [-0.05, 0) is 56.9 Å². The van der Waals surface area contributed by atoms with E-state index in [1.165, 1.54) is 20.9 Å². The Labute approximate surface area is 127 Å². The first-order valence-corrected chi connectivity index (χ1v) is 8.31. The van der Waals surface area contributed by atoms with Crippen LogP contribution in [0.25, 0.3) is 0 Å². The van der Waals surface area contributed by atoms with E-state index < -0.39 is 0 Å². The predicted molar refractivity (Wildman–Crippen MR) is 89.6 cm³/mol. The summed E-state index contributed by atoms with van der Waals surface area (Å²) in [5, 5.41) is 3.72. The van der Waals surface area contributed by atoms with E-state index in [4.69, 9.17) is 0 Å². The van der Waals surface area contributed by atoms with E-state index in [1.807, 2.05) is 11.3 Å². The highest BCUT2D eigenvalue weighted by molar-refractivity contribution is 7.12. The first-order chi connectivity index (χ1) is 9.60. The lowest BCUT2D eigenvalue weighted by atomic mass is 10.0. The molecule has 2 rings (SSSR count). The number of nitrogens with one attached hydrogen (secondary N) is 1. The lowest BCUT2D eigenvalue weighted by Crippen LogP contribution is -2.30. The molecule has 2 heteroatoms. The Bertz CT molecular complexity index is 544. The third-order valence-corrected chi connectivity index (χ3v) is 5.19. The van der Waals surface area contributed by atoms with Gasteiger partial charge in [0.2, 0.25) is 0 Å². The van der Waals surface area contributed by atoms with E-state index >= 15 is 0 Å². The minimum atomic E-state index is 0.430. The second-order valence-electron chi connectivity index (χ2n) is 5.58. The summed E-state index contributed by atoms with van der Waals surface area (Å²) in [7, 11) is 0. The summed E-state index contributed by atoms with van der Waals surface area (Å²) in [6, 6.07) is 14.1. The molecule has 0 radical (unpaired) electrons. The average molecular weight is 287 g/mol. The Morgan fingerprint density at radius 3 is 2.50 bits per heavy atom. The summed E-state index contributed by atoms with van der Waals surface area (Å²) in [5.74, 6) is 0. The summed E-state index contributed by atoms with van der Waals surface area (Å²) >= 11 is 1.93. The maximum absolute atomic E-state index is 3.72. The summed E-state index contributed by atoms with van der Waals surface area (Å²) in [6.07, 6.45) is 2.22. The molecular formula is C18H25NS. The number of hydrogen-bond acceptors (Lipinski definition) is 2. The van der Waals surface area contributed by atoms with Gasteiger partial charge in [-0.1, -0.05) is 31.2 Å². The number of thiophene rings is 1. The molecule has 1 nitrogen and oxygen atoms in total. The molecule has 1 aromatic heterocycles. The van der Waals surface area contributed by atoms with Gasteiger partial charge in [0.15, 0.2) is 0 Å². The van der Waals surface area contributed by atoms with E-state index in [0.717, 1.165) is 12.8 Å². The molecule has 1 aromatic carbocycles. The zero-order valence-corrected chi connectivity index (χ0v) is 13.8. The Hall–Kier alpha value is -1.12. The zero-order chi connectivity index (χ0) is 14.5. The van der Waals surface area contributed by atoms with Crippen LogP contribution in [-0.2, 0) is 12.8 Å². The highest BCUT2D eigenvalue weighted by atomic mass is 32.1. The molecule has 0 bridgehead atoms. The predicted octanol–water partition coefficient (Wildman–Crippen LogP) is 4.90. The van der Waals surface area contributed by atoms with Crippen LogP contribution in [0.1, 0.15) is 47.7 Å². The lowest BCUT2D eigenvalue weighted by Gasteiger charge is -2.20. The van der Waals surface area contributed by atoms with E-state index in [1.54, 1.807) is 0 Å². The fraction of sp³-hybridized carbons (Fsp3) is 0.444. The third-order valence-electron chi connectivity index (χ3n) is 3.78. The number of aryl methyl sites for hydroxylation is 2. The molecule has 2 unspecified atom stereocenters. The van der Waals surface area contributed by atoms with Crippen LogP contribution in [0.3, 0.4) is 0 Å². The van der Waals surface area contributed by atoms with Crippen LogP contribution in [0.15, 0.2) is 36.4 Å². The van der Waals surface area contributed by atoms with Crippen molar-refractivity contribution in [3.63, 3.8) is 0 Å². The van der Waals surface area contributed by atoms with Gasteiger partial charge in [-0.15, -0.1) is 11.3 Å². The van der Waals surface area contributed by atoms with Crippen molar-refractivity contribution in [2.24, 2.45) is 0 Å². The normalized spacial score (nSPS) is 14.2. The fourth-order valence-corrected chi connectivity index (χ4v) is 3.52. The molecule has 20 heavy (non-hydrogen) atoms. The summed E-state index contributed by atoms with van der Waals surface area (Å²) < 4.78 is 0. The van der Waals surface area contributed by atoms with Crippen molar-refractivity contribution in [2.45, 2.75) is 52.6 Å². The monoisotopic (exact) mass is 287 g/mol. The SMILES string of the molecule is CCc1ccc(C(C)NC(C)Cc2ccccc2C)s1. The van der Waals surface area contributed by atoms with E-state index in [0.29, 0.717) is 12.1 Å². The molecule has 0 saturated carbocycles. The fourth-order valence-electron chi connectivity index (χ4n) is 2.55. The molecule has 0 aliphatic carbocycles. The second kappa shape index (κ2) is 7.05. The molecule has 108 valence electrons. The zero-order valence-electron chi connectivity index (χ0n) is 12.9. The molecule has 2 atom stereocenters. The van der Waals surface area contributed by atoms with Gasteiger partial charge < -0.3 is 5.32 Å². The van der Waals surface area contributed by atoms with Gasteiger partial charge in [-0.2, -0.15) is 0 Å². The molecule has 0 amide bonds. The smallest absolute Gasteiger partial charge is 0.0388 e. The van der Waals surface area contributed by atoms with Crippen molar-refractivity contribution in [2.75, 3.05) is 0 Å². The van der Waals surface area contributed by atoms with Crippen LogP contribution >= 0.6 is 11.3 Å². The quantitative estimate of drug-likeness (QED) is 0.796. The molecule has 0 aliphatic rings. The van der Waals surface area contributed by atoms with E-state index in [2.05, 4.69) is 69.4 Å². The van der Waals surface area contributed by atoms with Gasteiger partial charge in [-0.25, -0.2) is 0 Å². The van der Waals surface area contributed by atoms with Crippen LogP contribution in [-0.4, -0.2) is 6.04 Å². The third kappa shape index (κ3) is 3.94. The molecule has 0 fully saturated rings. The van der Waals surface area contributed by atoms with Crippen molar-refractivity contribution < 1.29 is 0 Å². The molecule has 0 saturated heterocycles. The first kappa shape index (κ1) is 15.3. The molecule has 0 spiro atoms. The van der Waals surface area contributed by atoms with Crippen LogP contribution < -0.4 is 5.32 Å². The molecule has 1 heterocycles. The Balaban J connectivity index is 1.94. The maximum Gasteiger partial charge on any atom is 0.0388 e. The van der Waals surface area contributed by atoms with Crippen LogP contribution in [0.4, 0.5) is 0 Å². The molecule has 2 aromatic rings. The van der Waals surface area contributed by atoms with Gasteiger partial charge in [-0.3, -0.25) is 0 Å². The van der Waals surface area contributed by atoms with Gasteiger partial charge >= 0.3 is 0 Å². The number of benzene rings is 1. The highest BCUT2D eigenvalue weighted by Crippen LogP contribution is 2.24. The highest BCUT2D eigenvalue weighted by Gasteiger charge is 2.12. The number of hydrogen-bond donors (Lipinski definition) is 1. The van der Waals surface area contributed by atoms with Gasteiger partial charge in [0, 0.05) is 21.8 Å². The average Bonchev–Trinajstić information content (AvgIpc) is 2.90. The minimum absolute atomic E-state index is 0.430. The number of rotatable bonds is 6. The van der Waals surface area contributed by atoms with Crippen LogP contribution in [0.5, 0.6) is 0 Å². The van der Waals surface area contributed by atoms with Crippen LogP contribution in [0.2, 0.25) is 0 Å². The van der Waals surface area contributed by atoms with Crippen molar-refractivity contribution in [3.05, 3.63) is 57.3 Å². The van der Waals surface area contributed by atoms with Crippen molar-refractivity contribution in [1.29, 1.82) is 0 Å². The Morgan fingerprint density at radius 2 is 1.85 bits per heavy atom. The summed E-state index contributed by atoms with van der Waals surface area (Å²) in [6.45, 7) is 8.95.